The van der Waals surface area contributed by atoms with Crippen molar-refractivity contribution in [1.82, 2.24) is 4.98 Å². The number of ether oxygens (including phenoxy) is 1. The molecule has 0 bridgehead atoms. The summed E-state index contributed by atoms with van der Waals surface area (Å²) in [6, 6.07) is 0. The highest BCUT2D eigenvalue weighted by Gasteiger charge is 2.16. The highest BCUT2D eigenvalue weighted by atomic mass is 35.5. The number of hydrogen-bond donors (Lipinski definition) is 1. The minimum Gasteiger partial charge on any atom is -0.468 e. The zero-order chi connectivity index (χ0) is 11.6. The molecule has 0 radical (unpaired) electrons. The van der Waals surface area contributed by atoms with Crippen molar-refractivity contribution in [2.24, 2.45) is 0 Å². The van der Waals surface area contributed by atoms with Crippen LogP contribution in [0, 0.1) is 5.95 Å². The van der Waals surface area contributed by atoms with Crippen LogP contribution in [-0.2, 0) is 4.79 Å². The molecule has 0 saturated carbocycles. The Balaban J connectivity index is 3.04. The maximum atomic E-state index is 13.0. The van der Waals surface area contributed by atoms with Gasteiger partial charge in [0.1, 0.15) is 16.7 Å². The molecule has 82 valence electrons. The number of hydrogen-bond acceptors (Lipinski definition) is 4. The molecule has 1 heterocycles. The predicted octanol–water partition coefficient (Wildman–Crippen LogP) is 2.08. The molecular formula is C8H7Cl2FN2O2. The van der Waals surface area contributed by atoms with Crippen LogP contribution in [0.3, 0.4) is 0 Å². The van der Waals surface area contributed by atoms with Gasteiger partial charge in [0.15, 0.2) is 5.78 Å². The van der Waals surface area contributed by atoms with E-state index in [4.69, 9.17) is 33.7 Å². The lowest BCUT2D eigenvalue weighted by Crippen LogP contribution is -2.09. The number of pyridine rings is 1. The minimum atomic E-state index is -0.989. The summed E-state index contributed by atoms with van der Waals surface area (Å²) in [6.45, 7) is 1.05. The fourth-order valence-corrected chi connectivity index (χ4v) is 1.15. The molecule has 0 fully saturated rings. The van der Waals surface area contributed by atoms with E-state index in [2.05, 4.69) is 4.98 Å². The number of nitrogens with zero attached hydrogens (tertiary/aromatic N) is 1. The molecule has 0 spiro atoms. The first kappa shape index (κ1) is 12.0. The highest BCUT2D eigenvalue weighted by molar-refractivity contribution is 6.39. The summed E-state index contributed by atoms with van der Waals surface area (Å²) in [6.07, 6.45) is 0. The average molecular weight is 253 g/mol. The second kappa shape index (κ2) is 4.63. The zero-order valence-electron chi connectivity index (χ0n) is 7.68. The topological polar surface area (TPSA) is 65.2 Å². The molecule has 0 saturated heterocycles. The molecule has 0 aliphatic heterocycles. The van der Waals surface area contributed by atoms with Gasteiger partial charge in [0.05, 0.1) is 5.69 Å². The second-order valence-electron chi connectivity index (χ2n) is 2.74. The number of aromatic nitrogens is 1. The summed E-state index contributed by atoms with van der Waals surface area (Å²) in [4.78, 5) is 13.9. The monoisotopic (exact) mass is 252 g/mol. The quantitative estimate of drug-likeness (QED) is 0.837. The van der Waals surface area contributed by atoms with E-state index in [-0.39, 0.29) is 34.0 Å². The molecule has 1 aromatic heterocycles. The summed E-state index contributed by atoms with van der Waals surface area (Å²) in [5, 5.41) is -0.474. The Hall–Kier alpha value is -1.07. The Bertz CT molecular complexity index is 412. The van der Waals surface area contributed by atoms with E-state index < -0.39 is 5.95 Å². The van der Waals surface area contributed by atoms with Crippen LogP contribution in [0.15, 0.2) is 0 Å². The van der Waals surface area contributed by atoms with Crippen molar-refractivity contribution in [2.75, 3.05) is 12.3 Å². The van der Waals surface area contributed by atoms with Crippen LogP contribution in [-0.4, -0.2) is 17.4 Å². The van der Waals surface area contributed by atoms with Crippen molar-refractivity contribution in [3.05, 3.63) is 16.0 Å². The fraction of sp³-hybridized carbons (Fsp3) is 0.250. The SMILES string of the molecule is CC(=O)COc1nc(F)c(Cl)c(N)c1Cl. The van der Waals surface area contributed by atoms with E-state index in [9.17, 15) is 9.18 Å². The number of carbonyl (C=O) groups excluding carboxylic acids is 1. The smallest absolute Gasteiger partial charge is 0.237 e. The molecular weight excluding hydrogens is 246 g/mol. The van der Waals surface area contributed by atoms with Crippen LogP contribution in [0.5, 0.6) is 5.88 Å². The number of nitrogen functional groups attached to an aromatic ring is 1. The molecule has 0 atom stereocenters. The van der Waals surface area contributed by atoms with Crippen molar-refractivity contribution in [3.63, 3.8) is 0 Å². The second-order valence-corrected chi connectivity index (χ2v) is 3.50. The van der Waals surface area contributed by atoms with Gasteiger partial charge in [0, 0.05) is 0 Å². The molecule has 4 nitrogen and oxygen atoms in total. The van der Waals surface area contributed by atoms with Crippen molar-refractivity contribution in [3.8, 4) is 5.88 Å². The molecule has 0 aromatic carbocycles. The van der Waals surface area contributed by atoms with Gasteiger partial charge < -0.3 is 10.5 Å². The van der Waals surface area contributed by atoms with E-state index in [0.29, 0.717) is 0 Å². The van der Waals surface area contributed by atoms with E-state index in [0.717, 1.165) is 0 Å². The fourth-order valence-electron chi connectivity index (χ4n) is 0.776. The van der Waals surface area contributed by atoms with Gasteiger partial charge in [0.2, 0.25) is 11.8 Å². The molecule has 2 N–H and O–H groups in total. The Kier molecular flexibility index (Phi) is 3.71. The van der Waals surface area contributed by atoms with Gasteiger partial charge >= 0.3 is 0 Å². The van der Waals surface area contributed by atoms with Gasteiger partial charge in [-0.1, -0.05) is 23.2 Å². The average Bonchev–Trinajstić information content (AvgIpc) is 2.18. The Morgan fingerprint density at radius 2 is 2.13 bits per heavy atom. The number of nitrogens with two attached hydrogens (primary N) is 1. The lowest BCUT2D eigenvalue weighted by molar-refractivity contribution is -0.119. The highest BCUT2D eigenvalue weighted by Crippen LogP contribution is 2.35. The zero-order valence-corrected chi connectivity index (χ0v) is 9.19. The van der Waals surface area contributed by atoms with Crippen LogP contribution in [0.4, 0.5) is 10.1 Å². The van der Waals surface area contributed by atoms with Gasteiger partial charge in [-0.05, 0) is 6.92 Å². The van der Waals surface area contributed by atoms with Crippen molar-refractivity contribution in [1.29, 1.82) is 0 Å². The molecule has 7 heteroatoms. The van der Waals surface area contributed by atoms with Gasteiger partial charge in [-0.25, -0.2) is 0 Å². The molecule has 1 aromatic rings. The van der Waals surface area contributed by atoms with Crippen LogP contribution < -0.4 is 10.5 Å². The number of rotatable bonds is 3. The van der Waals surface area contributed by atoms with E-state index in [1.54, 1.807) is 0 Å². The Labute approximate surface area is 95.1 Å². The Morgan fingerprint density at radius 1 is 1.53 bits per heavy atom. The maximum Gasteiger partial charge on any atom is 0.237 e. The largest absolute Gasteiger partial charge is 0.468 e. The third-order valence-electron chi connectivity index (χ3n) is 1.45. The number of anilines is 1. The van der Waals surface area contributed by atoms with E-state index >= 15 is 0 Å². The Morgan fingerprint density at radius 3 is 2.67 bits per heavy atom. The number of carbonyl (C=O) groups is 1. The first-order valence-corrected chi connectivity index (χ1v) is 4.61. The third-order valence-corrected chi connectivity index (χ3v) is 2.18. The third kappa shape index (κ3) is 2.70. The van der Waals surface area contributed by atoms with Crippen molar-refractivity contribution in [2.45, 2.75) is 6.92 Å². The standard InChI is InChI=1S/C8H7Cl2FN2O2/c1-3(14)2-15-8-5(10)6(12)4(9)7(11)13-8/h2H2,1H3,(H2,12,13). The first-order valence-electron chi connectivity index (χ1n) is 3.85. The maximum absolute atomic E-state index is 13.0. The normalized spacial score (nSPS) is 10.1. The van der Waals surface area contributed by atoms with Gasteiger partial charge in [-0.3, -0.25) is 4.79 Å². The number of Topliss-reactive ketones (excluding diaryl/α,β-unsaturated/α-hetero) is 1. The lowest BCUT2D eigenvalue weighted by Gasteiger charge is -2.08. The number of halogens is 3. The summed E-state index contributed by atoms with van der Waals surface area (Å²) in [5.74, 6) is -1.48. The molecule has 1 rings (SSSR count). The summed E-state index contributed by atoms with van der Waals surface area (Å²) >= 11 is 11.1. The van der Waals surface area contributed by atoms with Crippen LogP contribution in [0.25, 0.3) is 0 Å². The molecule has 0 aliphatic rings. The van der Waals surface area contributed by atoms with Crippen LogP contribution >= 0.6 is 23.2 Å². The van der Waals surface area contributed by atoms with Gasteiger partial charge in [-0.15, -0.1) is 0 Å². The summed E-state index contributed by atoms with van der Waals surface area (Å²) < 4.78 is 17.8. The molecule has 15 heavy (non-hydrogen) atoms. The predicted molar refractivity (Wildman–Crippen MR) is 54.8 cm³/mol. The van der Waals surface area contributed by atoms with Crippen LogP contribution in [0.1, 0.15) is 6.92 Å². The van der Waals surface area contributed by atoms with E-state index in [1.165, 1.54) is 6.92 Å². The van der Waals surface area contributed by atoms with Crippen molar-refractivity contribution >= 4 is 34.7 Å². The van der Waals surface area contributed by atoms with Gasteiger partial charge in [-0.2, -0.15) is 9.37 Å². The minimum absolute atomic E-state index is 0.109. The summed E-state index contributed by atoms with van der Waals surface area (Å²) in [5.41, 5.74) is 5.22. The van der Waals surface area contributed by atoms with Crippen LogP contribution in [0.2, 0.25) is 10.0 Å². The van der Waals surface area contributed by atoms with E-state index in [1.807, 2.05) is 0 Å². The molecule has 0 unspecified atom stereocenters. The molecule has 0 aliphatic carbocycles. The van der Waals surface area contributed by atoms with Gasteiger partial charge in [0.25, 0.3) is 0 Å². The lowest BCUT2D eigenvalue weighted by atomic mass is 10.4. The van der Waals surface area contributed by atoms with Crippen molar-refractivity contribution < 1.29 is 13.9 Å². The first-order chi connectivity index (χ1) is 6.93. The summed E-state index contributed by atoms with van der Waals surface area (Å²) in [7, 11) is 0. The number of ketones is 1. The molecule has 0 amide bonds.